The molecule has 0 bridgehead atoms. The molecule has 0 heterocycles. The average Bonchev–Trinajstić information content (AvgIpc) is 2.50. The Morgan fingerprint density at radius 3 is 2.32 bits per heavy atom. The molecule has 7 heteroatoms. The summed E-state index contributed by atoms with van der Waals surface area (Å²) < 4.78 is 14.2. The van der Waals surface area contributed by atoms with Crippen molar-refractivity contribution in [1.29, 1.82) is 0 Å². The Morgan fingerprint density at radius 2 is 1.82 bits per heavy atom. The smallest absolute Gasteiger partial charge is 0.352 e. The minimum atomic E-state index is -1.98. The average molecular weight is 310 g/mol. The SMILES string of the molecule is COC(=O)[C@](C)(O)COC(=O)[C@H](OC(C)=O)c1ccccc1. The number of aliphatic hydroxyl groups is 1. The number of benzene rings is 1. The van der Waals surface area contributed by atoms with Crippen LogP contribution in [0, 0.1) is 0 Å². The number of hydrogen-bond donors (Lipinski definition) is 1. The monoisotopic (exact) mass is 310 g/mol. The van der Waals surface area contributed by atoms with Crippen molar-refractivity contribution in [2.24, 2.45) is 0 Å². The van der Waals surface area contributed by atoms with Crippen molar-refractivity contribution in [2.75, 3.05) is 13.7 Å². The van der Waals surface area contributed by atoms with E-state index in [1.165, 1.54) is 0 Å². The number of esters is 3. The van der Waals surface area contributed by atoms with Crippen molar-refractivity contribution in [3.63, 3.8) is 0 Å². The predicted octanol–water partition coefficient (Wildman–Crippen LogP) is 0.758. The van der Waals surface area contributed by atoms with Crippen molar-refractivity contribution >= 4 is 17.9 Å². The number of carbonyl (C=O) groups excluding carboxylic acids is 3. The molecule has 1 N–H and O–H groups in total. The lowest BCUT2D eigenvalue weighted by Gasteiger charge is -2.22. The summed E-state index contributed by atoms with van der Waals surface area (Å²) in [5.41, 5.74) is -1.57. The van der Waals surface area contributed by atoms with Gasteiger partial charge in [-0.05, 0) is 6.92 Å². The van der Waals surface area contributed by atoms with Crippen LogP contribution in [0.25, 0.3) is 0 Å². The van der Waals surface area contributed by atoms with Gasteiger partial charge in [-0.15, -0.1) is 0 Å². The second-order valence-electron chi connectivity index (χ2n) is 4.77. The normalized spacial score (nSPS) is 14.4. The van der Waals surface area contributed by atoms with Crippen molar-refractivity contribution in [3.05, 3.63) is 35.9 Å². The Morgan fingerprint density at radius 1 is 1.23 bits per heavy atom. The first-order chi connectivity index (χ1) is 10.3. The highest BCUT2D eigenvalue weighted by molar-refractivity contribution is 5.82. The van der Waals surface area contributed by atoms with Crippen LogP contribution < -0.4 is 0 Å². The van der Waals surface area contributed by atoms with Gasteiger partial charge in [-0.2, -0.15) is 0 Å². The highest BCUT2D eigenvalue weighted by Crippen LogP contribution is 2.20. The molecule has 7 nitrogen and oxygen atoms in total. The van der Waals surface area contributed by atoms with Gasteiger partial charge in [0.25, 0.3) is 0 Å². The summed E-state index contributed by atoms with van der Waals surface area (Å²) in [5.74, 6) is -2.50. The molecule has 0 unspecified atom stereocenters. The molecule has 0 aliphatic rings. The molecule has 0 amide bonds. The molecule has 2 atom stereocenters. The third kappa shape index (κ3) is 4.85. The number of ether oxygens (including phenoxy) is 3. The third-order valence-corrected chi connectivity index (χ3v) is 2.72. The molecule has 0 saturated heterocycles. The lowest BCUT2D eigenvalue weighted by molar-refractivity contribution is -0.179. The highest BCUT2D eigenvalue weighted by Gasteiger charge is 2.35. The Kier molecular flexibility index (Phi) is 6.06. The first-order valence-corrected chi connectivity index (χ1v) is 6.47. The van der Waals surface area contributed by atoms with E-state index in [2.05, 4.69) is 4.74 Å². The van der Waals surface area contributed by atoms with Gasteiger partial charge in [-0.3, -0.25) is 4.79 Å². The molecular weight excluding hydrogens is 292 g/mol. The summed E-state index contributed by atoms with van der Waals surface area (Å²) in [4.78, 5) is 34.5. The molecule has 0 fully saturated rings. The first kappa shape index (κ1) is 17.6. The summed E-state index contributed by atoms with van der Waals surface area (Å²) in [5, 5.41) is 9.81. The molecule has 0 aromatic heterocycles. The summed E-state index contributed by atoms with van der Waals surface area (Å²) in [6, 6.07) is 8.26. The van der Waals surface area contributed by atoms with Crippen LogP contribution in [0.2, 0.25) is 0 Å². The van der Waals surface area contributed by atoms with E-state index in [1.807, 2.05) is 0 Å². The summed E-state index contributed by atoms with van der Waals surface area (Å²) in [6.45, 7) is 1.69. The second kappa shape index (κ2) is 7.56. The lowest BCUT2D eigenvalue weighted by atomic mass is 10.1. The van der Waals surface area contributed by atoms with Gasteiger partial charge in [-0.1, -0.05) is 30.3 Å². The summed E-state index contributed by atoms with van der Waals surface area (Å²) in [6.07, 6.45) is -1.27. The summed E-state index contributed by atoms with van der Waals surface area (Å²) in [7, 11) is 1.10. The summed E-state index contributed by atoms with van der Waals surface area (Å²) >= 11 is 0. The molecule has 120 valence electrons. The molecular formula is C15H18O7. The highest BCUT2D eigenvalue weighted by atomic mass is 16.6. The van der Waals surface area contributed by atoms with Crippen LogP contribution in [0.3, 0.4) is 0 Å². The van der Waals surface area contributed by atoms with Gasteiger partial charge in [0.05, 0.1) is 7.11 Å². The van der Waals surface area contributed by atoms with Gasteiger partial charge in [0.2, 0.25) is 6.10 Å². The Labute approximate surface area is 127 Å². The first-order valence-electron chi connectivity index (χ1n) is 6.47. The maximum Gasteiger partial charge on any atom is 0.352 e. The predicted molar refractivity (Wildman–Crippen MR) is 74.5 cm³/mol. The van der Waals surface area contributed by atoms with Crippen molar-refractivity contribution in [1.82, 2.24) is 0 Å². The van der Waals surface area contributed by atoms with Crippen molar-refractivity contribution in [2.45, 2.75) is 25.6 Å². The Balaban J connectivity index is 2.81. The second-order valence-corrected chi connectivity index (χ2v) is 4.77. The van der Waals surface area contributed by atoms with Gasteiger partial charge in [0, 0.05) is 12.5 Å². The molecule has 0 aliphatic heterocycles. The largest absolute Gasteiger partial charge is 0.467 e. The number of hydrogen-bond acceptors (Lipinski definition) is 7. The molecule has 0 saturated carbocycles. The van der Waals surface area contributed by atoms with E-state index < -0.39 is 36.2 Å². The van der Waals surface area contributed by atoms with Crippen molar-refractivity contribution < 1.29 is 33.7 Å². The molecule has 1 aromatic rings. The minimum absolute atomic E-state index is 0.417. The van der Waals surface area contributed by atoms with Crippen LogP contribution in [0.1, 0.15) is 25.5 Å². The van der Waals surface area contributed by atoms with Crippen LogP contribution in [0.5, 0.6) is 0 Å². The lowest BCUT2D eigenvalue weighted by Crippen LogP contribution is -2.42. The maximum absolute atomic E-state index is 12.1. The van der Waals surface area contributed by atoms with E-state index in [9.17, 15) is 19.5 Å². The van der Waals surface area contributed by atoms with Crippen LogP contribution >= 0.6 is 0 Å². The standard InChI is InChI=1S/C15H18O7/c1-10(16)22-12(11-7-5-4-6-8-11)13(17)21-9-15(2,19)14(18)20-3/h4-8,12,19H,9H2,1-3H3/t12-,15-/m1/s1. The van der Waals surface area contributed by atoms with Gasteiger partial charge in [0.1, 0.15) is 6.61 Å². The topological polar surface area (TPSA) is 99.1 Å². The maximum atomic E-state index is 12.1. The number of methoxy groups -OCH3 is 1. The van der Waals surface area contributed by atoms with E-state index in [0.717, 1.165) is 21.0 Å². The fourth-order valence-corrected chi connectivity index (χ4v) is 1.61. The van der Waals surface area contributed by atoms with E-state index in [0.29, 0.717) is 5.56 Å². The Bertz CT molecular complexity index is 536. The van der Waals surface area contributed by atoms with E-state index in [4.69, 9.17) is 9.47 Å². The van der Waals surface area contributed by atoms with Gasteiger partial charge in [0.15, 0.2) is 5.60 Å². The number of rotatable bonds is 6. The fraction of sp³-hybridized carbons (Fsp3) is 0.400. The van der Waals surface area contributed by atoms with E-state index >= 15 is 0 Å². The van der Waals surface area contributed by atoms with Gasteiger partial charge >= 0.3 is 17.9 Å². The quantitative estimate of drug-likeness (QED) is 0.611. The molecule has 1 aromatic carbocycles. The zero-order valence-electron chi connectivity index (χ0n) is 12.6. The van der Waals surface area contributed by atoms with Crippen LogP contribution in [0.4, 0.5) is 0 Å². The van der Waals surface area contributed by atoms with Gasteiger partial charge in [-0.25, -0.2) is 9.59 Å². The minimum Gasteiger partial charge on any atom is -0.467 e. The van der Waals surface area contributed by atoms with Gasteiger partial charge < -0.3 is 19.3 Å². The van der Waals surface area contributed by atoms with Crippen LogP contribution in [-0.2, 0) is 28.6 Å². The Hall–Kier alpha value is -2.41. The molecule has 0 spiro atoms. The van der Waals surface area contributed by atoms with Crippen LogP contribution in [-0.4, -0.2) is 42.3 Å². The molecule has 0 aliphatic carbocycles. The zero-order chi connectivity index (χ0) is 16.8. The number of carbonyl (C=O) groups is 3. The zero-order valence-corrected chi connectivity index (χ0v) is 12.6. The van der Waals surface area contributed by atoms with E-state index in [-0.39, 0.29) is 0 Å². The third-order valence-electron chi connectivity index (χ3n) is 2.72. The van der Waals surface area contributed by atoms with E-state index in [1.54, 1.807) is 30.3 Å². The fourth-order valence-electron chi connectivity index (χ4n) is 1.61. The molecule has 1 rings (SSSR count). The van der Waals surface area contributed by atoms with Crippen molar-refractivity contribution in [3.8, 4) is 0 Å². The van der Waals surface area contributed by atoms with Crippen LogP contribution in [0.15, 0.2) is 30.3 Å². The molecule has 22 heavy (non-hydrogen) atoms. The molecule has 0 radical (unpaired) electrons.